The van der Waals surface area contributed by atoms with Crippen molar-refractivity contribution < 1.29 is 4.79 Å². The van der Waals surface area contributed by atoms with Crippen LogP contribution in [0.4, 0.5) is 5.69 Å². The molecule has 0 atom stereocenters. The van der Waals surface area contributed by atoms with Crippen molar-refractivity contribution in [3.63, 3.8) is 0 Å². The molecule has 0 aromatic heterocycles. The maximum Gasteiger partial charge on any atom is 0.247 e. The fourth-order valence-corrected chi connectivity index (χ4v) is 2.70. The van der Waals surface area contributed by atoms with E-state index in [1.54, 1.807) is 11.9 Å². The lowest BCUT2D eigenvalue weighted by atomic mass is 10.1. The van der Waals surface area contributed by atoms with Crippen molar-refractivity contribution in [3.05, 3.63) is 29.3 Å². The average Bonchev–Trinajstić information content (AvgIpc) is 3.07. The van der Waals surface area contributed by atoms with Gasteiger partial charge in [0, 0.05) is 12.7 Å². The lowest BCUT2D eigenvalue weighted by Crippen LogP contribution is -2.33. The molecule has 1 amide bonds. The molecule has 18 heavy (non-hydrogen) atoms. The van der Waals surface area contributed by atoms with Gasteiger partial charge in [-0.3, -0.25) is 4.79 Å². The van der Waals surface area contributed by atoms with E-state index in [9.17, 15) is 4.79 Å². The first-order chi connectivity index (χ1) is 8.66. The van der Waals surface area contributed by atoms with Gasteiger partial charge in [-0.2, -0.15) is 5.26 Å². The van der Waals surface area contributed by atoms with E-state index in [0.717, 1.165) is 18.5 Å². The number of fused-ring (bicyclic) bond motifs is 1. The molecular weight excluding hydrogens is 224 g/mol. The molecule has 2 aliphatic carbocycles. The molecule has 3 heteroatoms. The van der Waals surface area contributed by atoms with Crippen LogP contribution in [0.25, 0.3) is 0 Å². The summed E-state index contributed by atoms with van der Waals surface area (Å²) in [5.41, 5.74) is 2.95. The van der Waals surface area contributed by atoms with Gasteiger partial charge in [-0.15, -0.1) is 0 Å². The Bertz CT molecular complexity index is 552. The van der Waals surface area contributed by atoms with Crippen LogP contribution in [0.3, 0.4) is 0 Å². The molecule has 0 bridgehead atoms. The van der Waals surface area contributed by atoms with Crippen LogP contribution >= 0.6 is 0 Å². The van der Waals surface area contributed by atoms with Crippen molar-refractivity contribution in [1.82, 2.24) is 0 Å². The third-order valence-electron chi connectivity index (χ3n) is 4.15. The smallest absolute Gasteiger partial charge is 0.247 e. The number of hydrogen-bond donors (Lipinski definition) is 0. The first-order valence-electron chi connectivity index (χ1n) is 6.47. The summed E-state index contributed by atoms with van der Waals surface area (Å²) >= 11 is 0. The zero-order valence-corrected chi connectivity index (χ0v) is 10.6. The summed E-state index contributed by atoms with van der Waals surface area (Å²) in [5, 5.41) is 9.08. The van der Waals surface area contributed by atoms with Crippen LogP contribution in [-0.2, 0) is 17.6 Å². The summed E-state index contributed by atoms with van der Waals surface area (Å²) in [6.07, 6.45) is 4.87. The normalized spacial score (nSPS) is 18.9. The summed E-state index contributed by atoms with van der Waals surface area (Å²) in [6, 6.07) is 8.38. The standard InChI is InChI=1S/C15H16N2O/c1-17(14(18)15(10-16)7-8-15)13-6-5-11-3-2-4-12(11)9-13/h5-6,9H,2-4,7-8H2,1H3. The Morgan fingerprint density at radius 1 is 1.33 bits per heavy atom. The molecule has 0 spiro atoms. The minimum atomic E-state index is -0.728. The van der Waals surface area contributed by atoms with E-state index in [4.69, 9.17) is 5.26 Å². The Hall–Kier alpha value is -1.82. The molecule has 0 unspecified atom stereocenters. The number of hydrogen-bond acceptors (Lipinski definition) is 2. The highest BCUT2D eigenvalue weighted by Crippen LogP contribution is 2.47. The van der Waals surface area contributed by atoms with E-state index < -0.39 is 5.41 Å². The van der Waals surface area contributed by atoms with Gasteiger partial charge in [0.15, 0.2) is 0 Å². The van der Waals surface area contributed by atoms with Crippen molar-refractivity contribution >= 4 is 11.6 Å². The number of rotatable bonds is 2. The quantitative estimate of drug-likeness (QED) is 0.797. The number of amides is 1. The zero-order chi connectivity index (χ0) is 12.8. The van der Waals surface area contributed by atoms with E-state index in [1.807, 2.05) is 6.07 Å². The predicted octanol–water partition coefficient (Wildman–Crippen LogP) is 2.44. The van der Waals surface area contributed by atoms with Gasteiger partial charge in [-0.05, 0) is 55.4 Å². The van der Waals surface area contributed by atoms with E-state index in [2.05, 4.69) is 18.2 Å². The molecule has 0 N–H and O–H groups in total. The molecule has 2 aliphatic rings. The van der Waals surface area contributed by atoms with Crippen molar-refractivity contribution in [1.29, 1.82) is 5.26 Å². The van der Waals surface area contributed by atoms with Crippen molar-refractivity contribution in [2.45, 2.75) is 32.1 Å². The molecule has 1 aromatic carbocycles. The Balaban J connectivity index is 1.87. The number of benzene rings is 1. The fourth-order valence-electron chi connectivity index (χ4n) is 2.70. The molecule has 0 aliphatic heterocycles. The average molecular weight is 240 g/mol. The SMILES string of the molecule is CN(C(=O)C1(C#N)CC1)c1ccc2c(c1)CCC2. The van der Waals surface area contributed by atoms with Gasteiger partial charge in [0.1, 0.15) is 5.41 Å². The Kier molecular flexibility index (Phi) is 2.41. The number of carbonyl (C=O) groups excluding carboxylic acids is 1. The zero-order valence-electron chi connectivity index (χ0n) is 10.6. The molecule has 1 saturated carbocycles. The van der Waals surface area contributed by atoms with Gasteiger partial charge in [-0.1, -0.05) is 6.07 Å². The molecule has 0 heterocycles. The van der Waals surface area contributed by atoms with Crippen molar-refractivity contribution in [3.8, 4) is 6.07 Å². The van der Waals surface area contributed by atoms with Crippen LogP contribution in [0.2, 0.25) is 0 Å². The maximum atomic E-state index is 12.3. The lowest BCUT2D eigenvalue weighted by molar-refractivity contribution is -0.121. The number of anilines is 1. The topological polar surface area (TPSA) is 44.1 Å². The second-order valence-electron chi connectivity index (χ2n) is 5.36. The highest BCUT2D eigenvalue weighted by atomic mass is 16.2. The Morgan fingerprint density at radius 3 is 2.72 bits per heavy atom. The molecule has 3 nitrogen and oxygen atoms in total. The van der Waals surface area contributed by atoms with Crippen LogP contribution in [0.5, 0.6) is 0 Å². The Labute approximate surface area is 107 Å². The molecule has 92 valence electrons. The largest absolute Gasteiger partial charge is 0.314 e. The number of nitrogens with zero attached hydrogens (tertiary/aromatic N) is 2. The van der Waals surface area contributed by atoms with Crippen LogP contribution in [0, 0.1) is 16.7 Å². The lowest BCUT2D eigenvalue weighted by Gasteiger charge is -2.20. The van der Waals surface area contributed by atoms with Gasteiger partial charge in [0.05, 0.1) is 6.07 Å². The third-order valence-corrected chi connectivity index (χ3v) is 4.15. The number of carbonyl (C=O) groups is 1. The molecular formula is C15H16N2O. The molecule has 0 radical (unpaired) electrons. The van der Waals surface area contributed by atoms with E-state index in [0.29, 0.717) is 12.8 Å². The van der Waals surface area contributed by atoms with E-state index in [-0.39, 0.29) is 5.91 Å². The predicted molar refractivity (Wildman–Crippen MR) is 69.2 cm³/mol. The van der Waals surface area contributed by atoms with Gasteiger partial charge >= 0.3 is 0 Å². The van der Waals surface area contributed by atoms with Crippen LogP contribution in [0.1, 0.15) is 30.4 Å². The van der Waals surface area contributed by atoms with Crippen LogP contribution in [0.15, 0.2) is 18.2 Å². The number of aryl methyl sites for hydroxylation is 2. The van der Waals surface area contributed by atoms with Crippen LogP contribution < -0.4 is 4.90 Å². The molecule has 0 saturated heterocycles. The first kappa shape index (κ1) is 11.3. The van der Waals surface area contributed by atoms with Crippen LogP contribution in [-0.4, -0.2) is 13.0 Å². The number of nitriles is 1. The third kappa shape index (κ3) is 1.60. The highest BCUT2D eigenvalue weighted by molar-refractivity contribution is 6.00. The minimum Gasteiger partial charge on any atom is -0.314 e. The second-order valence-corrected chi connectivity index (χ2v) is 5.36. The monoisotopic (exact) mass is 240 g/mol. The Morgan fingerprint density at radius 2 is 2.06 bits per heavy atom. The van der Waals surface area contributed by atoms with E-state index in [1.165, 1.54) is 17.5 Å². The van der Waals surface area contributed by atoms with Crippen molar-refractivity contribution in [2.75, 3.05) is 11.9 Å². The first-order valence-corrected chi connectivity index (χ1v) is 6.47. The summed E-state index contributed by atoms with van der Waals surface area (Å²) in [4.78, 5) is 13.9. The second kappa shape index (κ2) is 3.84. The molecule has 3 rings (SSSR count). The van der Waals surface area contributed by atoms with Gasteiger partial charge in [0.2, 0.25) is 5.91 Å². The summed E-state index contributed by atoms with van der Waals surface area (Å²) in [6.45, 7) is 0. The highest BCUT2D eigenvalue weighted by Gasteiger charge is 2.52. The van der Waals surface area contributed by atoms with E-state index >= 15 is 0 Å². The summed E-state index contributed by atoms with van der Waals surface area (Å²) < 4.78 is 0. The minimum absolute atomic E-state index is 0.0528. The van der Waals surface area contributed by atoms with Gasteiger partial charge in [-0.25, -0.2) is 0 Å². The van der Waals surface area contributed by atoms with Gasteiger partial charge in [0.25, 0.3) is 0 Å². The molecule has 1 aromatic rings. The summed E-state index contributed by atoms with van der Waals surface area (Å²) in [7, 11) is 1.77. The fraction of sp³-hybridized carbons (Fsp3) is 0.467. The molecule has 1 fully saturated rings. The van der Waals surface area contributed by atoms with Gasteiger partial charge < -0.3 is 4.90 Å². The maximum absolute atomic E-state index is 12.3. The van der Waals surface area contributed by atoms with Crippen molar-refractivity contribution in [2.24, 2.45) is 5.41 Å². The summed E-state index contributed by atoms with van der Waals surface area (Å²) in [5.74, 6) is -0.0528.